The van der Waals surface area contributed by atoms with Crippen LogP contribution < -0.4 is 11.0 Å². The number of para-hydroxylation sites is 1. The molecule has 1 N–H and O–H groups in total. The molecule has 4 rings (SSSR count). The fourth-order valence-corrected chi connectivity index (χ4v) is 3.10. The van der Waals surface area contributed by atoms with E-state index in [1.807, 2.05) is 0 Å². The lowest BCUT2D eigenvalue weighted by molar-refractivity contribution is -0.117. The van der Waals surface area contributed by atoms with Crippen molar-refractivity contribution in [2.75, 3.05) is 12.4 Å². The summed E-state index contributed by atoms with van der Waals surface area (Å²) in [5, 5.41) is 8.01. The quantitative estimate of drug-likeness (QED) is 0.515. The van der Waals surface area contributed by atoms with Crippen LogP contribution in [0.2, 0.25) is 5.02 Å². The van der Waals surface area contributed by atoms with Crippen LogP contribution in [0.1, 0.15) is 10.4 Å². The minimum Gasteiger partial charge on any atom is -0.465 e. The predicted molar refractivity (Wildman–Crippen MR) is 106 cm³/mol. The summed E-state index contributed by atoms with van der Waals surface area (Å²) >= 11 is 5.98. The maximum Gasteiger partial charge on any atom is 0.352 e. The van der Waals surface area contributed by atoms with E-state index in [1.165, 1.54) is 23.9 Å². The Morgan fingerprint density at radius 2 is 2.00 bits per heavy atom. The maximum atomic E-state index is 12.6. The molecular formula is C19H14ClN5O4. The molecule has 0 saturated carbocycles. The van der Waals surface area contributed by atoms with Gasteiger partial charge >= 0.3 is 11.7 Å². The second-order valence-electron chi connectivity index (χ2n) is 6.13. The van der Waals surface area contributed by atoms with Crippen LogP contribution in [0.25, 0.3) is 16.6 Å². The zero-order chi connectivity index (χ0) is 20.5. The Balaban J connectivity index is 1.66. The smallest absolute Gasteiger partial charge is 0.352 e. The summed E-state index contributed by atoms with van der Waals surface area (Å²) in [6.45, 7) is -0.342. The molecule has 10 heteroatoms. The molecule has 9 nitrogen and oxygen atoms in total. The van der Waals surface area contributed by atoms with Crippen LogP contribution in [0.3, 0.4) is 0 Å². The number of anilines is 1. The van der Waals surface area contributed by atoms with Crippen molar-refractivity contribution in [2.24, 2.45) is 0 Å². The van der Waals surface area contributed by atoms with E-state index in [4.69, 9.17) is 16.3 Å². The highest BCUT2D eigenvalue weighted by atomic mass is 35.5. The molecule has 0 bridgehead atoms. The third kappa shape index (κ3) is 3.43. The van der Waals surface area contributed by atoms with Gasteiger partial charge in [0.2, 0.25) is 5.91 Å². The van der Waals surface area contributed by atoms with Crippen LogP contribution >= 0.6 is 11.6 Å². The van der Waals surface area contributed by atoms with Gasteiger partial charge in [0.05, 0.1) is 23.9 Å². The van der Waals surface area contributed by atoms with Gasteiger partial charge in [-0.2, -0.15) is 0 Å². The number of methoxy groups -OCH3 is 1. The summed E-state index contributed by atoms with van der Waals surface area (Å²) in [6, 6.07) is 11.5. The zero-order valence-electron chi connectivity index (χ0n) is 15.1. The molecule has 0 atom stereocenters. The molecule has 4 aromatic rings. The highest BCUT2D eigenvalue weighted by Crippen LogP contribution is 2.20. The molecule has 2 aromatic heterocycles. The Labute approximate surface area is 168 Å². The van der Waals surface area contributed by atoms with Gasteiger partial charge in [-0.1, -0.05) is 23.7 Å². The van der Waals surface area contributed by atoms with Crippen LogP contribution in [-0.4, -0.2) is 38.2 Å². The first-order valence-corrected chi connectivity index (χ1v) is 8.86. The number of esters is 1. The van der Waals surface area contributed by atoms with Crippen molar-refractivity contribution in [2.45, 2.75) is 6.54 Å². The van der Waals surface area contributed by atoms with E-state index >= 15 is 0 Å². The Kier molecular flexibility index (Phi) is 4.73. The first-order valence-electron chi connectivity index (χ1n) is 8.48. The predicted octanol–water partition coefficient (Wildman–Crippen LogP) is 2.12. The maximum absolute atomic E-state index is 12.6. The van der Waals surface area contributed by atoms with Crippen molar-refractivity contribution in [1.29, 1.82) is 0 Å². The normalized spacial score (nSPS) is 11.0. The van der Waals surface area contributed by atoms with E-state index in [0.29, 0.717) is 21.6 Å². The number of nitrogens with zero attached hydrogens (tertiary/aromatic N) is 4. The van der Waals surface area contributed by atoms with Crippen molar-refractivity contribution >= 4 is 45.7 Å². The van der Waals surface area contributed by atoms with Crippen LogP contribution in [0.15, 0.2) is 53.6 Å². The lowest BCUT2D eigenvalue weighted by atomic mass is 10.2. The molecule has 2 aromatic carbocycles. The summed E-state index contributed by atoms with van der Waals surface area (Å²) < 4.78 is 6.99. The number of rotatable bonds is 4. The summed E-state index contributed by atoms with van der Waals surface area (Å²) in [6.07, 6.45) is 1.34. The molecule has 0 spiro atoms. The van der Waals surface area contributed by atoms with E-state index in [-0.39, 0.29) is 17.8 Å². The molecular weight excluding hydrogens is 398 g/mol. The molecule has 2 heterocycles. The molecule has 1 amide bonds. The third-order valence-electron chi connectivity index (χ3n) is 4.28. The minimum atomic E-state index is -0.581. The SMILES string of the molecule is COC(=O)c1ccccc1NC(=O)Cn1nc2c3ccc(Cl)cc3ncn2c1=O. The van der Waals surface area contributed by atoms with E-state index in [2.05, 4.69) is 15.4 Å². The fraction of sp³-hybridized carbons (Fsp3) is 0.105. The van der Waals surface area contributed by atoms with E-state index in [1.54, 1.807) is 36.4 Å². The van der Waals surface area contributed by atoms with E-state index in [0.717, 1.165) is 4.68 Å². The van der Waals surface area contributed by atoms with Crippen LogP contribution in [-0.2, 0) is 16.1 Å². The average Bonchev–Trinajstić information content (AvgIpc) is 3.03. The number of hydrogen-bond acceptors (Lipinski definition) is 6. The van der Waals surface area contributed by atoms with Gasteiger partial charge in [0.15, 0.2) is 5.65 Å². The number of ether oxygens (including phenoxy) is 1. The lowest BCUT2D eigenvalue weighted by Gasteiger charge is -2.09. The topological polar surface area (TPSA) is 108 Å². The largest absolute Gasteiger partial charge is 0.465 e. The molecule has 0 fully saturated rings. The first kappa shape index (κ1) is 18.6. The number of hydrogen-bond donors (Lipinski definition) is 1. The molecule has 29 heavy (non-hydrogen) atoms. The summed E-state index contributed by atoms with van der Waals surface area (Å²) in [5.74, 6) is -1.10. The number of halogens is 1. The number of benzene rings is 2. The monoisotopic (exact) mass is 411 g/mol. The van der Waals surface area contributed by atoms with Gasteiger partial charge < -0.3 is 10.1 Å². The van der Waals surface area contributed by atoms with Gasteiger partial charge in [-0.3, -0.25) is 4.79 Å². The molecule has 0 radical (unpaired) electrons. The second-order valence-corrected chi connectivity index (χ2v) is 6.56. The standard InChI is InChI=1S/C19H14ClN5O4/c1-29-18(27)13-4-2-3-5-14(13)22-16(26)9-25-19(28)24-10-21-15-8-11(20)6-7-12(15)17(24)23-25/h2-8,10H,9H2,1H3,(H,22,26). The molecule has 0 unspecified atom stereocenters. The minimum absolute atomic E-state index is 0.206. The van der Waals surface area contributed by atoms with Crippen LogP contribution in [0, 0.1) is 0 Å². The fourth-order valence-electron chi connectivity index (χ4n) is 2.94. The number of nitrogens with one attached hydrogen (secondary N) is 1. The molecule has 0 aliphatic carbocycles. The molecule has 146 valence electrons. The third-order valence-corrected chi connectivity index (χ3v) is 4.52. The van der Waals surface area contributed by atoms with Crippen molar-refractivity contribution in [1.82, 2.24) is 19.2 Å². The molecule has 0 aliphatic heterocycles. The Bertz CT molecular complexity index is 1330. The Hall–Kier alpha value is -3.72. The molecule has 0 aliphatic rings. The Morgan fingerprint density at radius 1 is 1.21 bits per heavy atom. The summed E-state index contributed by atoms with van der Waals surface area (Å²) in [5.41, 5.74) is 0.916. The number of amides is 1. The molecule has 0 saturated heterocycles. The van der Waals surface area contributed by atoms with E-state index < -0.39 is 17.6 Å². The van der Waals surface area contributed by atoms with Crippen molar-refractivity contribution in [3.05, 3.63) is 69.9 Å². The van der Waals surface area contributed by atoms with Gasteiger partial charge in [0, 0.05) is 10.4 Å². The highest BCUT2D eigenvalue weighted by molar-refractivity contribution is 6.31. The lowest BCUT2D eigenvalue weighted by Crippen LogP contribution is -2.28. The number of fused-ring (bicyclic) bond motifs is 3. The number of carbonyl (C=O) groups excluding carboxylic acids is 2. The highest BCUT2D eigenvalue weighted by Gasteiger charge is 2.16. The van der Waals surface area contributed by atoms with Crippen LogP contribution in [0.5, 0.6) is 0 Å². The van der Waals surface area contributed by atoms with Crippen LogP contribution in [0.4, 0.5) is 5.69 Å². The first-order chi connectivity index (χ1) is 14.0. The summed E-state index contributed by atoms with van der Waals surface area (Å²) in [7, 11) is 1.25. The van der Waals surface area contributed by atoms with Gasteiger partial charge in [0.25, 0.3) is 0 Å². The number of aromatic nitrogens is 4. The number of carbonyl (C=O) groups is 2. The summed E-state index contributed by atoms with van der Waals surface area (Å²) in [4.78, 5) is 41.1. The Morgan fingerprint density at radius 3 is 2.79 bits per heavy atom. The van der Waals surface area contributed by atoms with Gasteiger partial charge in [-0.15, -0.1) is 5.10 Å². The second kappa shape index (κ2) is 7.36. The van der Waals surface area contributed by atoms with Gasteiger partial charge in [-0.25, -0.2) is 23.7 Å². The van der Waals surface area contributed by atoms with E-state index in [9.17, 15) is 14.4 Å². The van der Waals surface area contributed by atoms with Crippen molar-refractivity contribution in [3.8, 4) is 0 Å². The average molecular weight is 412 g/mol. The zero-order valence-corrected chi connectivity index (χ0v) is 15.9. The van der Waals surface area contributed by atoms with Gasteiger partial charge in [0.1, 0.15) is 12.9 Å². The van der Waals surface area contributed by atoms with Crippen molar-refractivity contribution in [3.63, 3.8) is 0 Å². The van der Waals surface area contributed by atoms with Gasteiger partial charge in [-0.05, 0) is 30.3 Å². The van der Waals surface area contributed by atoms with Crippen molar-refractivity contribution < 1.29 is 14.3 Å².